The van der Waals surface area contributed by atoms with Gasteiger partial charge in [-0.25, -0.2) is 4.79 Å². The molecule has 17 nitrogen and oxygen atoms in total. The predicted molar refractivity (Wildman–Crippen MR) is 114 cm³/mol. The number of aliphatic carboxylic acids is 2. The van der Waals surface area contributed by atoms with Gasteiger partial charge in [-0.2, -0.15) is 0 Å². The third-order valence-corrected chi connectivity index (χ3v) is 4.38. The molecule has 0 bridgehead atoms. The fourth-order valence-corrected chi connectivity index (χ4v) is 2.60. The summed E-state index contributed by atoms with van der Waals surface area (Å²) in [6, 6.07) is -6.37. The van der Waals surface area contributed by atoms with Crippen LogP contribution >= 0.6 is 0 Å². The fourth-order valence-electron chi connectivity index (χ4n) is 2.60. The van der Waals surface area contributed by atoms with Gasteiger partial charge in [-0.15, -0.1) is 0 Å². The second kappa shape index (κ2) is 14.8. The largest absolute Gasteiger partial charge is 0.481 e. The first-order valence-electron chi connectivity index (χ1n) is 10.1. The van der Waals surface area contributed by atoms with Gasteiger partial charge in [0.2, 0.25) is 35.4 Å². The SMILES string of the molecule is NC(=O)CCC(NC(=O)C(CC(N)=O)NC(=O)C(CC(N)=O)NC(=O)C(N)CCC(=O)O)C(=O)O. The Labute approximate surface area is 198 Å². The van der Waals surface area contributed by atoms with Crippen LogP contribution in [0.5, 0.6) is 0 Å². The maximum Gasteiger partial charge on any atom is 0.326 e. The van der Waals surface area contributed by atoms with E-state index in [4.69, 9.17) is 28.0 Å². The maximum absolute atomic E-state index is 12.7. The summed E-state index contributed by atoms with van der Waals surface area (Å²) in [5.74, 6) is -9.05. The Kier molecular flexibility index (Phi) is 13.0. The van der Waals surface area contributed by atoms with Gasteiger partial charge in [0.25, 0.3) is 0 Å². The van der Waals surface area contributed by atoms with Crippen molar-refractivity contribution >= 4 is 47.4 Å². The summed E-state index contributed by atoms with van der Waals surface area (Å²) in [6.45, 7) is 0. The van der Waals surface area contributed by atoms with Crippen molar-refractivity contribution in [3.8, 4) is 0 Å². The monoisotopic (exact) mass is 503 g/mol. The molecule has 0 aromatic carbocycles. The van der Waals surface area contributed by atoms with Crippen molar-refractivity contribution in [2.24, 2.45) is 22.9 Å². The van der Waals surface area contributed by atoms with Crippen molar-refractivity contribution in [3.63, 3.8) is 0 Å². The van der Waals surface area contributed by atoms with Crippen LogP contribution in [-0.4, -0.2) is 81.8 Å². The molecule has 4 atom stereocenters. The van der Waals surface area contributed by atoms with E-state index in [0.717, 1.165) is 0 Å². The summed E-state index contributed by atoms with van der Waals surface area (Å²) in [4.78, 5) is 92.9. The number of carbonyl (C=O) groups excluding carboxylic acids is 6. The van der Waals surface area contributed by atoms with Gasteiger partial charge in [0, 0.05) is 12.8 Å². The average Bonchev–Trinajstić information content (AvgIpc) is 2.72. The number of nitrogens with one attached hydrogen (secondary N) is 3. The third-order valence-electron chi connectivity index (χ3n) is 4.38. The number of amides is 6. The van der Waals surface area contributed by atoms with Crippen molar-refractivity contribution in [1.82, 2.24) is 16.0 Å². The highest BCUT2D eigenvalue weighted by molar-refractivity contribution is 5.97. The first kappa shape index (κ1) is 30.7. The van der Waals surface area contributed by atoms with Crippen LogP contribution in [0.25, 0.3) is 0 Å². The second-order valence-corrected chi connectivity index (χ2v) is 7.41. The highest BCUT2D eigenvalue weighted by atomic mass is 16.4. The zero-order valence-corrected chi connectivity index (χ0v) is 18.5. The van der Waals surface area contributed by atoms with E-state index in [9.17, 15) is 43.5 Å². The van der Waals surface area contributed by atoms with Gasteiger partial charge in [-0.05, 0) is 12.8 Å². The van der Waals surface area contributed by atoms with E-state index >= 15 is 0 Å². The van der Waals surface area contributed by atoms with Gasteiger partial charge in [0.05, 0.1) is 18.9 Å². The number of carboxylic acid groups (broad SMARTS) is 2. The molecule has 0 aromatic heterocycles. The van der Waals surface area contributed by atoms with Crippen LogP contribution in [0.3, 0.4) is 0 Å². The molecule has 4 unspecified atom stereocenters. The van der Waals surface area contributed by atoms with Gasteiger partial charge >= 0.3 is 11.9 Å². The maximum atomic E-state index is 12.7. The smallest absolute Gasteiger partial charge is 0.326 e. The standard InChI is InChI=1S/C18H29N7O10/c19-7(1-4-14(29)30)15(31)24-9(5-12(21)27)17(33)25-10(6-13(22)28)16(32)23-8(18(34)35)2-3-11(20)26/h7-10H,1-6,19H2,(H2,20,26)(H2,21,27)(H2,22,28)(H,23,32)(H,24,31)(H,25,33)(H,29,30)(H,34,35). The summed E-state index contributed by atoms with van der Waals surface area (Å²) in [6.07, 6.45) is -3.08. The van der Waals surface area contributed by atoms with Gasteiger partial charge in [-0.3, -0.25) is 33.6 Å². The van der Waals surface area contributed by atoms with Crippen molar-refractivity contribution in [2.45, 2.75) is 62.7 Å². The summed E-state index contributed by atoms with van der Waals surface area (Å²) in [5.41, 5.74) is 20.7. The lowest BCUT2D eigenvalue weighted by Gasteiger charge is -2.24. The van der Waals surface area contributed by atoms with Crippen molar-refractivity contribution in [1.29, 1.82) is 0 Å². The van der Waals surface area contributed by atoms with Crippen LogP contribution in [-0.2, 0) is 38.4 Å². The minimum atomic E-state index is -1.73. The Balaban J connectivity index is 5.53. The number of carbonyl (C=O) groups is 8. The number of rotatable bonds is 17. The number of primary amides is 3. The third kappa shape index (κ3) is 13.1. The van der Waals surface area contributed by atoms with E-state index in [0.29, 0.717) is 0 Å². The number of hydrogen-bond donors (Lipinski definition) is 9. The molecule has 0 aliphatic carbocycles. The topological polar surface area (TPSA) is 317 Å². The Morgan fingerprint density at radius 3 is 1.40 bits per heavy atom. The molecule has 0 spiro atoms. The average molecular weight is 503 g/mol. The predicted octanol–water partition coefficient (Wildman–Crippen LogP) is -5.27. The van der Waals surface area contributed by atoms with E-state index in [-0.39, 0.29) is 19.3 Å². The Morgan fingerprint density at radius 1 is 0.600 bits per heavy atom. The second-order valence-electron chi connectivity index (χ2n) is 7.41. The quantitative estimate of drug-likeness (QED) is 0.0902. The van der Waals surface area contributed by atoms with E-state index in [1.807, 2.05) is 5.32 Å². The van der Waals surface area contributed by atoms with Crippen LogP contribution in [0.4, 0.5) is 0 Å². The van der Waals surface area contributed by atoms with E-state index in [1.165, 1.54) is 0 Å². The molecule has 0 rings (SSSR count). The molecular weight excluding hydrogens is 474 g/mol. The number of carboxylic acids is 2. The highest BCUT2D eigenvalue weighted by Crippen LogP contribution is 2.03. The van der Waals surface area contributed by atoms with Crippen molar-refractivity contribution in [2.75, 3.05) is 0 Å². The summed E-state index contributed by atoms with van der Waals surface area (Å²) in [7, 11) is 0. The van der Waals surface area contributed by atoms with Gasteiger partial charge in [0.15, 0.2) is 0 Å². The zero-order chi connectivity index (χ0) is 27.3. The molecule has 0 aliphatic heterocycles. The molecule has 0 radical (unpaired) electrons. The van der Waals surface area contributed by atoms with Gasteiger partial charge in [-0.1, -0.05) is 0 Å². The van der Waals surface area contributed by atoms with Crippen LogP contribution in [0.1, 0.15) is 38.5 Å². The van der Waals surface area contributed by atoms with Crippen LogP contribution in [0, 0.1) is 0 Å². The summed E-state index contributed by atoms with van der Waals surface area (Å²) >= 11 is 0. The van der Waals surface area contributed by atoms with Gasteiger partial charge < -0.3 is 49.1 Å². The molecule has 35 heavy (non-hydrogen) atoms. The Morgan fingerprint density at radius 2 is 1.03 bits per heavy atom. The zero-order valence-electron chi connectivity index (χ0n) is 18.5. The van der Waals surface area contributed by atoms with Crippen LogP contribution in [0.2, 0.25) is 0 Å². The molecule has 0 saturated heterocycles. The minimum absolute atomic E-state index is 0.291. The lowest BCUT2D eigenvalue weighted by molar-refractivity contribution is -0.143. The lowest BCUT2D eigenvalue weighted by atomic mass is 10.1. The molecule has 13 N–H and O–H groups in total. The minimum Gasteiger partial charge on any atom is -0.481 e. The normalized spacial score (nSPS) is 13.9. The fraction of sp³-hybridized carbons (Fsp3) is 0.556. The van der Waals surface area contributed by atoms with Crippen molar-refractivity contribution in [3.05, 3.63) is 0 Å². The molecule has 0 heterocycles. The molecule has 0 saturated carbocycles. The Hall–Kier alpha value is -4.28. The van der Waals surface area contributed by atoms with E-state index < -0.39 is 90.8 Å². The molecule has 0 aliphatic rings. The van der Waals surface area contributed by atoms with Crippen molar-refractivity contribution < 1.29 is 48.6 Å². The number of hydrogen-bond acceptors (Lipinski definition) is 9. The summed E-state index contributed by atoms with van der Waals surface area (Å²) < 4.78 is 0. The number of nitrogens with two attached hydrogens (primary N) is 4. The Bertz CT molecular complexity index is 863. The first-order valence-corrected chi connectivity index (χ1v) is 10.1. The van der Waals surface area contributed by atoms with Crippen LogP contribution in [0.15, 0.2) is 0 Å². The molecule has 0 aromatic rings. The molecule has 196 valence electrons. The molecule has 6 amide bonds. The lowest BCUT2D eigenvalue weighted by Crippen LogP contribution is -2.58. The van der Waals surface area contributed by atoms with Gasteiger partial charge in [0.1, 0.15) is 18.1 Å². The van der Waals surface area contributed by atoms with Crippen LogP contribution < -0.4 is 38.9 Å². The van der Waals surface area contributed by atoms with E-state index in [1.54, 1.807) is 0 Å². The molecule has 0 fully saturated rings. The molecular formula is C18H29N7O10. The van der Waals surface area contributed by atoms with E-state index in [2.05, 4.69) is 10.6 Å². The first-order chi connectivity index (χ1) is 16.1. The summed E-state index contributed by atoms with van der Waals surface area (Å²) in [5, 5.41) is 24.1. The highest BCUT2D eigenvalue weighted by Gasteiger charge is 2.32. The molecule has 17 heteroatoms.